The van der Waals surface area contributed by atoms with E-state index >= 15 is 0 Å². The predicted octanol–water partition coefficient (Wildman–Crippen LogP) is 2.93. The third kappa shape index (κ3) is 3.31. The Morgan fingerprint density at radius 3 is 2.43 bits per heavy atom. The van der Waals surface area contributed by atoms with Gasteiger partial charge in [0.25, 0.3) is 5.91 Å². The number of nitrogens with one attached hydrogen (secondary N) is 1. The lowest BCUT2D eigenvalue weighted by molar-refractivity contribution is -0.138. The molecule has 1 saturated heterocycles. The number of halogens is 3. The maximum atomic E-state index is 13.2. The van der Waals surface area contributed by atoms with Crippen LogP contribution in [0.2, 0.25) is 0 Å². The van der Waals surface area contributed by atoms with Crippen molar-refractivity contribution in [2.75, 3.05) is 12.0 Å². The molecule has 2 rings (SSSR count). The number of hydrogen-bond donors (Lipinski definition) is 1. The van der Waals surface area contributed by atoms with Crippen LogP contribution >= 0.6 is 0 Å². The first-order valence-electron chi connectivity index (χ1n) is 7.00. The summed E-state index contributed by atoms with van der Waals surface area (Å²) in [6.07, 6.45) is -4.61. The molecule has 1 aliphatic heterocycles. The molecule has 1 heterocycles. The van der Waals surface area contributed by atoms with Crippen LogP contribution < -0.4 is 10.2 Å². The number of amides is 3. The van der Waals surface area contributed by atoms with E-state index in [1.165, 1.54) is 19.2 Å². The zero-order chi connectivity index (χ0) is 17.4. The van der Waals surface area contributed by atoms with E-state index in [-0.39, 0.29) is 23.8 Å². The second-order valence-corrected chi connectivity index (χ2v) is 5.62. The zero-order valence-electron chi connectivity index (χ0n) is 12.9. The van der Waals surface area contributed by atoms with Crippen molar-refractivity contribution in [1.29, 1.82) is 0 Å². The van der Waals surface area contributed by atoms with Crippen molar-refractivity contribution in [3.63, 3.8) is 0 Å². The van der Waals surface area contributed by atoms with E-state index in [1.54, 1.807) is 13.8 Å². The number of hydrogen-bond acceptors (Lipinski definition) is 3. The van der Waals surface area contributed by atoms with E-state index < -0.39 is 29.7 Å². The predicted molar refractivity (Wildman–Crippen MR) is 76.8 cm³/mol. The van der Waals surface area contributed by atoms with E-state index in [0.29, 0.717) is 0 Å². The van der Waals surface area contributed by atoms with Crippen molar-refractivity contribution in [3.8, 4) is 0 Å². The molecule has 0 unspecified atom stereocenters. The highest BCUT2D eigenvalue weighted by Gasteiger charge is 2.42. The van der Waals surface area contributed by atoms with Crippen LogP contribution in [0.3, 0.4) is 0 Å². The van der Waals surface area contributed by atoms with Gasteiger partial charge in [-0.15, -0.1) is 0 Å². The third-order valence-electron chi connectivity index (χ3n) is 3.59. The molecule has 1 fully saturated rings. The summed E-state index contributed by atoms with van der Waals surface area (Å²) in [5.41, 5.74) is -1.09. The molecule has 23 heavy (non-hydrogen) atoms. The van der Waals surface area contributed by atoms with Gasteiger partial charge in [0.2, 0.25) is 0 Å². The molecule has 0 spiro atoms. The first kappa shape index (κ1) is 17.3. The van der Waals surface area contributed by atoms with Gasteiger partial charge in [0.1, 0.15) is 6.04 Å². The quantitative estimate of drug-likeness (QED) is 0.864. The molecule has 8 heteroatoms. The Balaban J connectivity index is 2.45. The highest BCUT2D eigenvalue weighted by atomic mass is 19.4. The number of urea groups is 1. The molecule has 3 amide bonds. The summed E-state index contributed by atoms with van der Waals surface area (Å²) in [7, 11) is 1.29. The Kier molecular flexibility index (Phi) is 4.65. The molecule has 1 atom stereocenters. The Hall–Kier alpha value is -2.09. The highest BCUT2D eigenvalue weighted by molar-refractivity contribution is 6.21. The molecule has 0 aliphatic carbocycles. The van der Waals surface area contributed by atoms with Crippen molar-refractivity contribution in [2.45, 2.75) is 32.7 Å². The fourth-order valence-electron chi connectivity index (χ4n) is 2.44. The molecule has 0 saturated carbocycles. The molecule has 0 radical (unpaired) electrons. The monoisotopic (exact) mass is 330 g/mol. The number of nitrogens with zero attached hydrogens (tertiary/aromatic N) is 1. The largest absolute Gasteiger partial charge is 0.416 e. The average Bonchev–Trinajstić information content (AvgIpc) is 2.74. The van der Waals surface area contributed by atoms with E-state index in [0.717, 1.165) is 11.0 Å². The Labute approximate surface area is 131 Å². The van der Waals surface area contributed by atoms with Gasteiger partial charge < -0.3 is 10.1 Å². The SMILES string of the molecule is COCc1ccc(N2C(=O)N[C@@H](C(C)C)C2=O)cc1C(F)(F)F. The molecular formula is C15H17F3N2O3. The minimum atomic E-state index is -4.61. The molecule has 1 aromatic carbocycles. The van der Waals surface area contributed by atoms with Crippen molar-refractivity contribution in [3.05, 3.63) is 29.3 Å². The van der Waals surface area contributed by atoms with Crippen molar-refractivity contribution in [1.82, 2.24) is 5.32 Å². The molecular weight excluding hydrogens is 313 g/mol. The van der Waals surface area contributed by atoms with E-state index in [2.05, 4.69) is 5.32 Å². The van der Waals surface area contributed by atoms with Gasteiger partial charge >= 0.3 is 12.2 Å². The van der Waals surface area contributed by atoms with Gasteiger partial charge in [-0.1, -0.05) is 19.9 Å². The highest BCUT2D eigenvalue weighted by Crippen LogP contribution is 2.35. The lowest BCUT2D eigenvalue weighted by atomic mass is 10.0. The molecule has 126 valence electrons. The van der Waals surface area contributed by atoms with Gasteiger partial charge in [-0.3, -0.25) is 4.79 Å². The van der Waals surface area contributed by atoms with Gasteiger partial charge in [0.05, 0.1) is 17.9 Å². The number of rotatable bonds is 4. The maximum absolute atomic E-state index is 13.2. The minimum absolute atomic E-state index is 0.0591. The van der Waals surface area contributed by atoms with E-state index in [4.69, 9.17) is 4.74 Å². The normalized spacial score (nSPS) is 18.7. The Bertz CT molecular complexity index is 629. The summed E-state index contributed by atoms with van der Waals surface area (Å²) in [5.74, 6) is -0.719. The number of methoxy groups -OCH3 is 1. The Morgan fingerprint density at radius 1 is 1.30 bits per heavy atom. The van der Waals surface area contributed by atoms with Crippen LogP contribution in [0, 0.1) is 5.92 Å². The van der Waals surface area contributed by atoms with Crippen molar-refractivity contribution in [2.24, 2.45) is 5.92 Å². The smallest absolute Gasteiger partial charge is 0.380 e. The van der Waals surface area contributed by atoms with Gasteiger partial charge in [0, 0.05) is 7.11 Å². The van der Waals surface area contributed by atoms with Crippen LogP contribution in [0.4, 0.5) is 23.7 Å². The lowest BCUT2D eigenvalue weighted by Crippen LogP contribution is -2.34. The maximum Gasteiger partial charge on any atom is 0.416 e. The number of carbonyl (C=O) groups is 2. The number of imide groups is 1. The van der Waals surface area contributed by atoms with Gasteiger partial charge in [-0.05, 0) is 23.6 Å². The fraction of sp³-hybridized carbons (Fsp3) is 0.467. The molecule has 5 nitrogen and oxygen atoms in total. The summed E-state index contributed by atoms with van der Waals surface area (Å²) in [6, 6.07) is 1.86. The van der Waals surface area contributed by atoms with Crippen molar-refractivity contribution >= 4 is 17.6 Å². The molecule has 1 N–H and O–H groups in total. The van der Waals surface area contributed by atoms with E-state index in [1.807, 2.05) is 0 Å². The second kappa shape index (κ2) is 6.19. The first-order chi connectivity index (χ1) is 10.7. The number of benzene rings is 1. The van der Waals surface area contributed by atoms with Gasteiger partial charge in [0.15, 0.2) is 0 Å². The zero-order valence-corrected chi connectivity index (χ0v) is 12.9. The summed E-state index contributed by atoms with van der Waals surface area (Å²) < 4.78 is 44.3. The number of ether oxygens (including phenoxy) is 1. The minimum Gasteiger partial charge on any atom is -0.380 e. The summed E-state index contributed by atoms with van der Waals surface area (Å²) >= 11 is 0. The molecule has 0 aromatic heterocycles. The second-order valence-electron chi connectivity index (χ2n) is 5.62. The summed E-state index contributed by atoms with van der Waals surface area (Å²) in [5, 5.41) is 2.48. The lowest BCUT2D eigenvalue weighted by Gasteiger charge is -2.18. The van der Waals surface area contributed by atoms with E-state index in [9.17, 15) is 22.8 Å². The van der Waals surface area contributed by atoms with Crippen molar-refractivity contribution < 1.29 is 27.5 Å². The summed E-state index contributed by atoms with van der Waals surface area (Å²) in [4.78, 5) is 25.0. The third-order valence-corrected chi connectivity index (χ3v) is 3.59. The Morgan fingerprint density at radius 2 is 1.96 bits per heavy atom. The van der Waals surface area contributed by atoms with Crippen LogP contribution in [0.15, 0.2) is 18.2 Å². The molecule has 1 aliphatic rings. The standard InChI is InChI=1S/C15H17F3N2O3/c1-8(2)12-13(21)20(14(22)19-12)10-5-4-9(7-23-3)11(6-10)15(16,17)18/h4-6,8,12H,7H2,1-3H3,(H,19,22)/t12-/m0/s1. The number of alkyl halides is 3. The van der Waals surface area contributed by atoms with Gasteiger partial charge in [-0.25, -0.2) is 9.69 Å². The number of anilines is 1. The fourth-order valence-corrected chi connectivity index (χ4v) is 2.44. The molecule has 0 bridgehead atoms. The van der Waals surface area contributed by atoms with Crippen LogP contribution in [-0.2, 0) is 22.3 Å². The van der Waals surface area contributed by atoms with Crippen LogP contribution in [-0.4, -0.2) is 25.1 Å². The average molecular weight is 330 g/mol. The van der Waals surface area contributed by atoms with Crippen LogP contribution in [0.1, 0.15) is 25.0 Å². The van der Waals surface area contributed by atoms with Crippen LogP contribution in [0.25, 0.3) is 0 Å². The van der Waals surface area contributed by atoms with Gasteiger partial charge in [-0.2, -0.15) is 13.2 Å². The first-order valence-corrected chi connectivity index (χ1v) is 7.00. The topological polar surface area (TPSA) is 58.6 Å². The summed E-state index contributed by atoms with van der Waals surface area (Å²) in [6.45, 7) is 3.27. The molecule has 1 aromatic rings. The number of carbonyl (C=O) groups excluding carboxylic acids is 2. The van der Waals surface area contributed by atoms with Crippen LogP contribution in [0.5, 0.6) is 0 Å².